The van der Waals surface area contributed by atoms with Gasteiger partial charge in [0, 0.05) is 17.1 Å². The lowest BCUT2D eigenvalue weighted by atomic mass is 10.1. The van der Waals surface area contributed by atoms with Gasteiger partial charge < -0.3 is 0 Å². The van der Waals surface area contributed by atoms with Crippen LogP contribution in [-0.4, -0.2) is 16.8 Å². The van der Waals surface area contributed by atoms with Gasteiger partial charge in [0.25, 0.3) is 5.91 Å². The van der Waals surface area contributed by atoms with Gasteiger partial charge >= 0.3 is 0 Å². The van der Waals surface area contributed by atoms with Crippen LogP contribution in [0.2, 0.25) is 0 Å². The number of rotatable bonds is 4. The number of amides is 2. The van der Waals surface area contributed by atoms with E-state index in [0.717, 1.165) is 28.5 Å². The summed E-state index contributed by atoms with van der Waals surface area (Å²) >= 11 is 0. The number of carbonyl (C=O) groups is 2. The van der Waals surface area contributed by atoms with Crippen molar-refractivity contribution < 1.29 is 9.59 Å². The number of aromatic nitrogens is 1. The Morgan fingerprint density at radius 3 is 2.48 bits per heavy atom. The summed E-state index contributed by atoms with van der Waals surface area (Å²) < 4.78 is 0. The summed E-state index contributed by atoms with van der Waals surface area (Å²) in [5, 5.41) is 0.979. The number of nitrogens with one attached hydrogen (secondary N) is 2. The Morgan fingerprint density at radius 2 is 1.72 bits per heavy atom. The monoisotopic (exact) mass is 333 g/mol. The molecule has 2 aromatic carbocycles. The molecule has 25 heavy (non-hydrogen) atoms. The van der Waals surface area contributed by atoms with Crippen LogP contribution in [0.15, 0.2) is 60.8 Å². The highest BCUT2D eigenvalue weighted by atomic mass is 16.2. The fourth-order valence-electron chi connectivity index (χ4n) is 2.62. The Kier molecular flexibility index (Phi) is 5.04. The van der Waals surface area contributed by atoms with E-state index in [0.29, 0.717) is 5.56 Å². The molecule has 0 aliphatic carbocycles. The molecule has 0 unspecified atom stereocenters. The van der Waals surface area contributed by atoms with Crippen LogP contribution in [0.5, 0.6) is 0 Å². The summed E-state index contributed by atoms with van der Waals surface area (Å²) in [6, 6.07) is 16.8. The van der Waals surface area contributed by atoms with Gasteiger partial charge in [0.15, 0.2) is 0 Å². The molecule has 126 valence electrons. The number of para-hydroxylation sites is 1. The molecule has 3 rings (SSSR count). The number of hydrogen-bond donors (Lipinski definition) is 2. The maximum absolute atomic E-state index is 12.1. The van der Waals surface area contributed by atoms with E-state index < -0.39 is 0 Å². The zero-order chi connectivity index (χ0) is 17.6. The maximum atomic E-state index is 12.1. The predicted molar refractivity (Wildman–Crippen MR) is 96.9 cm³/mol. The summed E-state index contributed by atoms with van der Waals surface area (Å²) in [6.07, 6.45) is 2.76. The van der Waals surface area contributed by atoms with E-state index >= 15 is 0 Å². The summed E-state index contributed by atoms with van der Waals surface area (Å²) in [4.78, 5) is 28.5. The molecule has 1 aromatic heterocycles. The van der Waals surface area contributed by atoms with Gasteiger partial charge in [-0.25, -0.2) is 0 Å². The molecule has 0 aliphatic rings. The van der Waals surface area contributed by atoms with E-state index in [1.165, 1.54) is 0 Å². The van der Waals surface area contributed by atoms with Crippen molar-refractivity contribution in [3.8, 4) is 0 Å². The van der Waals surface area contributed by atoms with Crippen LogP contribution in [0.3, 0.4) is 0 Å². The second-order valence-corrected chi connectivity index (χ2v) is 5.72. The van der Waals surface area contributed by atoms with Crippen LogP contribution in [0.25, 0.3) is 10.9 Å². The number of hydrazine groups is 1. The average Bonchev–Trinajstić information content (AvgIpc) is 2.66. The normalized spacial score (nSPS) is 10.4. The molecule has 0 saturated carbocycles. The molecule has 0 radical (unpaired) electrons. The lowest BCUT2D eigenvalue weighted by Crippen LogP contribution is -2.42. The Hall–Kier alpha value is -3.21. The molecule has 2 N–H and O–H groups in total. The third-order valence-corrected chi connectivity index (χ3v) is 4.01. The highest BCUT2D eigenvalue weighted by Crippen LogP contribution is 2.16. The van der Waals surface area contributed by atoms with Gasteiger partial charge in [-0.2, -0.15) is 0 Å². The van der Waals surface area contributed by atoms with Crippen molar-refractivity contribution in [3.05, 3.63) is 77.5 Å². The quantitative estimate of drug-likeness (QED) is 0.721. The minimum absolute atomic E-state index is 0.142. The number of fused-ring (bicyclic) bond motifs is 1. The van der Waals surface area contributed by atoms with Crippen LogP contribution in [-0.2, 0) is 17.6 Å². The zero-order valence-electron chi connectivity index (χ0n) is 14.0. The Morgan fingerprint density at radius 1 is 0.960 bits per heavy atom. The van der Waals surface area contributed by atoms with E-state index in [9.17, 15) is 9.59 Å². The van der Waals surface area contributed by atoms with E-state index in [4.69, 9.17) is 0 Å². The van der Waals surface area contributed by atoms with Crippen molar-refractivity contribution in [2.45, 2.75) is 19.8 Å². The molecule has 0 fully saturated rings. The van der Waals surface area contributed by atoms with Crippen molar-refractivity contribution in [3.63, 3.8) is 0 Å². The van der Waals surface area contributed by atoms with Crippen molar-refractivity contribution >= 4 is 22.7 Å². The Balaban J connectivity index is 1.61. The zero-order valence-corrected chi connectivity index (χ0v) is 14.0. The van der Waals surface area contributed by atoms with Crippen LogP contribution in [0, 0.1) is 0 Å². The maximum Gasteiger partial charge on any atom is 0.269 e. The first kappa shape index (κ1) is 16.6. The summed E-state index contributed by atoms with van der Waals surface area (Å²) in [5.41, 5.74) is 8.17. The smallest absolute Gasteiger partial charge is 0.269 e. The molecule has 5 nitrogen and oxygen atoms in total. The molecule has 0 spiro atoms. The Labute approximate surface area is 146 Å². The molecular formula is C20H19N3O2. The van der Waals surface area contributed by atoms with Gasteiger partial charge in [0.05, 0.1) is 11.9 Å². The number of aryl methyl sites for hydroxylation is 1. The summed E-state index contributed by atoms with van der Waals surface area (Å²) in [5.74, 6) is -0.635. The van der Waals surface area contributed by atoms with Gasteiger partial charge in [-0.15, -0.1) is 0 Å². The Bertz CT molecular complexity index is 899. The van der Waals surface area contributed by atoms with Crippen LogP contribution in [0.4, 0.5) is 0 Å². The highest BCUT2D eigenvalue weighted by molar-refractivity contribution is 5.96. The van der Waals surface area contributed by atoms with Crippen LogP contribution < -0.4 is 10.9 Å². The van der Waals surface area contributed by atoms with Crippen molar-refractivity contribution in [2.24, 2.45) is 0 Å². The number of benzene rings is 2. The van der Waals surface area contributed by atoms with Crippen molar-refractivity contribution in [2.75, 3.05) is 0 Å². The van der Waals surface area contributed by atoms with Gasteiger partial charge in [0.2, 0.25) is 5.91 Å². The fourth-order valence-corrected chi connectivity index (χ4v) is 2.62. The first-order chi connectivity index (χ1) is 12.2. The van der Waals surface area contributed by atoms with E-state index in [-0.39, 0.29) is 18.2 Å². The van der Waals surface area contributed by atoms with Gasteiger partial charge in [-0.1, -0.05) is 43.3 Å². The summed E-state index contributed by atoms with van der Waals surface area (Å²) in [7, 11) is 0. The lowest BCUT2D eigenvalue weighted by molar-refractivity contribution is -0.121. The predicted octanol–water partition coefficient (Wildman–Crippen LogP) is 2.80. The van der Waals surface area contributed by atoms with Gasteiger partial charge in [-0.05, 0) is 35.7 Å². The third-order valence-electron chi connectivity index (χ3n) is 4.01. The number of pyridine rings is 1. The third kappa shape index (κ3) is 4.01. The SMILES string of the molecule is CCc1ccc(C(=O)NNC(=O)Cc2cccc3cccnc23)cc1. The molecule has 2 amide bonds. The lowest BCUT2D eigenvalue weighted by Gasteiger charge is -2.09. The minimum Gasteiger partial charge on any atom is -0.273 e. The largest absolute Gasteiger partial charge is 0.273 e. The molecule has 0 atom stereocenters. The van der Waals surface area contributed by atoms with E-state index in [2.05, 4.69) is 22.8 Å². The number of carbonyl (C=O) groups excluding carboxylic acids is 2. The highest BCUT2D eigenvalue weighted by Gasteiger charge is 2.10. The first-order valence-electron chi connectivity index (χ1n) is 8.18. The number of nitrogens with zero attached hydrogens (tertiary/aromatic N) is 1. The van der Waals surface area contributed by atoms with E-state index in [1.54, 1.807) is 18.3 Å². The molecule has 0 aliphatic heterocycles. The first-order valence-corrected chi connectivity index (χ1v) is 8.18. The molecule has 0 bridgehead atoms. The van der Waals surface area contributed by atoms with Crippen molar-refractivity contribution in [1.82, 2.24) is 15.8 Å². The van der Waals surface area contributed by atoms with Crippen LogP contribution in [0.1, 0.15) is 28.4 Å². The van der Waals surface area contributed by atoms with Crippen molar-refractivity contribution in [1.29, 1.82) is 0 Å². The molecule has 0 saturated heterocycles. The standard InChI is InChI=1S/C20H19N3O2/c1-2-14-8-10-16(11-9-14)20(25)23-22-18(24)13-17-6-3-5-15-7-4-12-21-19(15)17/h3-12H,2,13H2,1H3,(H,22,24)(H,23,25). The molecule has 3 aromatic rings. The minimum atomic E-state index is -0.341. The van der Waals surface area contributed by atoms with Crippen LogP contribution >= 0.6 is 0 Å². The number of hydrogen-bond acceptors (Lipinski definition) is 3. The second kappa shape index (κ2) is 7.57. The van der Waals surface area contributed by atoms with Gasteiger partial charge in [-0.3, -0.25) is 25.4 Å². The second-order valence-electron chi connectivity index (χ2n) is 5.72. The van der Waals surface area contributed by atoms with Gasteiger partial charge in [0.1, 0.15) is 0 Å². The fraction of sp³-hybridized carbons (Fsp3) is 0.150. The average molecular weight is 333 g/mol. The molecule has 5 heteroatoms. The topological polar surface area (TPSA) is 71.1 Å². The van der Waals surface area contributed by atoms with E-state index in [1.807, 2.05) is 42.5 Å². The molecule has 1 heterocycles. The molecular weight excluding hydrogens is 314 g/mol. The summed E-state index contributed by atoms with van der Waals surface area (Å²) in [6.45, 7) is 2.05.